The molecule has 1 amide bonds. The van der Waals surface area contributed by atoms with Crippen LogP contribution in [-0.4, -0.2) is 78.3 Å². The zero-order chi connectivity index (χ0) is 31.1. The highest BCUT2D eigenvalue weighted by molar-refractivity contribution is 8.00. The molecule has 6 rings (SSSR count). The summed E-state index contributed by atoms with van der Waals surface area (Å²) in [5.74, 6) is 6.15. The number of aromatic nitrogens is 1. The number of carbonyl (C=O) groups is 1. The molecule has 0 unspecified atom stereocenters. The van der Waals surface area contributed by atoms with Crippen molar-refractivity contribution in [1.82, 2.24) is 14.6 Å². The Bertz CT molecular complexity index is 1610. The fourth-order valence-corrected chi connectivity index (χ4v) is 7.19. The summed E-state index contributed by atoms with van der Waals surface area (Å²) in [5.41, 5.74) is -2.03. The van der Waals surface area contributed by atoms with Gasteiger partial charge in [0.2, 0.25) is 0 Å². The predicted molar refractivity (Wildman–Crippen MR) is 166 cm³/mol. The standard InChI is InChI=1S/C32H36F3N5O3S/c1-31(18-43-19-31)38-29(41)20-8-11-25(28(17-20)42-3)36-14-4-6-21-16-27-23(7-5-15-40(27)30(21)44-32(33,34)35)37-24-12-9-22-10-13-26(24)39(22)2/h5,7-8,11,15-17,22,24,26,36-37H,9-10,12-14,18-19H2,1-3H3,(H,38,41)/t22-,24-,26-/m1/s1. The maximum atomic E-state index is 13.7. The molecule has 3 aliphatic rings. The van der Waals surface area contributed by atoms with Crippen molar-refractivity contribution in [2.45, 2.75) is 66.8 Å². The molecule has 3 aromatic rings. The van der Waals surface area contributed by atoms with E-state index in [4.69, 9.17) is 9.47 Å². The number of likely N-dealkylation sites (N-methyl/N-ethyl adjacent to an activating group) is 1. The smallest absolute Gasteiger partial charge is 0.447 e. The van der Waals surface area contributed by atoms with Crippen LogP contribution in [0.15, 0.2) is 47.6 Å². The second-order valence-corrected chi connectivity index (χ2v) is 13.0. The zero-order valence-corrected chi connectivity index (χ0v) is 25.7. The minimum atomic E-state index is -4.47. The first kappa shape index (κ1) is 30.5. The van der Waals surface area contributed by atoms with E-state index >= 15 is 0 Å². The molecule has 3 aliphatic heterocycles. The van der Waals surface area contributed by atoms with Crippen molar-refractivity contribution in [1.29, 1.82) is 0 Å². The number of anilines is 2. The first-order valence-corrected chi connectivity index (χ1v) is 15.5. The molecule has 8 nitrogen and oxygen atoms in total. The molecule has 12 heteroatoms. The summed E-state index contributed by atoms with van der Waals surface area (Å²) in [5, 5.41) is 9.81. The lowest BCUT2D eigenvalue weighted by Crippen LogP contribution is -2.59. The number of hydrogen-bond donors (Lipinski definition) is 3. The molecule has 3 saturated heterocycles. The van der Waals surface area contributed by atoms with Crippen molar-refractivity contribution in [3.8, 4) is 17.6 Å². The summed E-state index contributed by atoms with van der Waals surface area (Å²) in [6.45, 7) is 3.00. The average Bonchev–Trinajstić information content (AvgIpc) is 3.42. The molecular weight excluding hydrogens is 591 g/mol. The highest BCUT2D eigenvalue weighted by Crippen LogP contribution is 2.41. The number of carbonyl (C=O) groups excluding carboxylic acids is 1. The molecule has 0 aliphatic carbocycles. The van der Waals surface area contributed by atoms with Crippen molar-refractivity contribution >= 4 is 34.6 Å². The van der Waals surface area contributed by atoms with E-state index in [1.54, 1.807) is 40.9 Å². The van der Waals surface area contributed by atoms with Crippen molar-refractivity contribution in [2.75, 3.05) is 44.5 Å². The molecule has 0 radical (unpaired) electrons. The quantitative estimate of drug-likeness (QED) is 0.222. The summed E-state index contributed by atoms with van der Waals surface area (Å²) >= 11 is -0.157. The Balaban J connectivity index is 1.20. The minimum Gasteiger partial charge on any atom is -0.495 e. The van der Waals surface area contributed by atoms with Gasteiger partial charge in [0.25, 0.3) is 5.91 Å². The van der Waals surface area contributed by atoms with E-state index in [1.807, 2.05) is 13.0 Å². The van der Waals surface area contributed by atoms with Gasteiger partial charge >= 0.3 is 5.51 Å². The van der Waals surface area contributed by atoms with Gasteiger partial charge in [-0.05, 0) is 76.1 Å². The number of pyridine rings is 1. The Morgan fingerprint density at radius 3 is 2.68 bits per heavy atom. The normalized spacial score (nSPS) is 22.5. The molecule has 5 heterocycles. The average molecular weight is 628 g/mol. The summed E-state index contributed by atoms with van der Waals surface area (Å²) in [6.07, 6.45) is 6.11. The van der Waals surface area contributed by atoms with Gasteiger partial charge in [0.1, 0.15) is 10.8 Å². The number of alkyl halides is 3. The molecular formula is C32H36F3N5O3S. The van der Waals surface area contributed by atoms with Gasteiger partial charge < -0.3 is 29.8 Å². The molecule has 2 aromatic heterocycles. The van der Waals surface area contributed by atoms with E-state index in [0.717, 1.165) is 24.9 Å². The number of methoxy groups -OCH3 is 1. The third-order valence-electron chi connectivity index (χ3n) is 8.80. The van der Waals surface area contributed by atoms with Gasteiger partial charge in [-0.1, -0.05) is 11.8 Å². The highest BCUT2D eigenvalue weighted by Gasteiger charge is 2.40. The van der Waals surface area contributed by atoms with E-state index in [1.165, 1.54) is 13.5 Å². The van der Waals surface area contributed by atoms with Crippen LogP contribution in [0.3, 0.4) is 0 Å². The van der Waals surface area contributed by atoms with E-state index in [0.29, 0.717) is 53.4 Å². The number of thioether (sulfide) groups is 1. The third-order valence-corrected chi connectivity index (χ3v) is 9.64. The molecule has 3 atom stereocenters. The van der Waals surface area contributed by atoms with Crippen LogP contribution in [0.4, 0.5) is 24.5 Å². The Kier molecular flexibility index (Phi) is 8.39. The van der Waals surface area contributed by atoms with Gasteiger partial charge in [0, 0.05) is 41.6 Å². The van der Waals surface area contributed by atoms with Crippen molar-refractivity contribution in [3.05, 3.63) is 53.7 Å². The lowest BCUT2D eigenvalue weighted by molar-refractivity contribution is -0.0593. The third kappa shape index (κ3) is 6.32. The molecule has 3 fully saturated rings. The van der Waals surface area contributed by atoms with Crippen LogP contribution in [0, 0.1) is 11.8 Å². The fraction of sp³-hybridized carbons (Fsp3) is 0.469. The van der Waals surface area contributed by atoms with Crippen LogP contribution in [0.1, 0.15) is 48.5 Å². The summed E-state index contributed by atoms with van der Waals surface area (Å²) in [4.78, 5) is 15.1. The van der Waals surface area contributed by atoms with Gasteiger partial charge in [-0.15, -0.1) is 0 Å². The Morgan fingerprint density at radius 1 is 1.16 bits per heavy atom. The lowest BCUT2D eigenvalue weighted by Gasteiger charge is -2.38. The van der Waals surface area contributed by atoms with Gasteiger partial charge in [-0.25, -0.2) is 0 Å². The van der Waals surface area contributed by atoms with Crippen LogP contribution in [-0.2, 0) is 4.74 Å². The number of ether oxygens (including phenoxy) is 2. The van der Waals surface area contributed by atoms with Crippen LogP contribution >= 0.6 is 11.8 Å². The number of piperidine rings is 1. The van der Waals surface area contributed by atoms with E-state index in [-0.39, 0.29) is 40.8 Å². The number of nitrogens with zero attached hydrogens (tertiary/aromatic N) is 2. The molecule has 1 aromatic carbocycles. The van der Waals surface area contributed by atoms with Crippen molar-refractivity contribution in [3.63, 3.8) is 0 Å². The number of halogens is 3. The van der Waals surface area contributed by atoms with E-state index < -0.39 is 5.51 Å². The lowest BCUT2D eigenvalue weighted by atomic mass is 9.97. The number of amides is 1. The van der Waals surface area contributed by atoms with E-state index in [2.05, 4.69) is 39.7 Å². The largest absolute Gasteiger partial charge is 0.495 e. The Hall–Kier alpha value is -3.53. The maximum Gasteiger partial charge on any atom is 0.447 e. The van der Waals surface area contributed by atoms with Crippen molar-refractivity contribution < 1.29 is 27.4 Å². The second kappa shape index (κ2) is 12.1. The molecule has 3 N–H and O–H groups in total. The van der Waals surface area contributed by atoms with Gasteiger partial charge in [-0.3, -0.25) is 9.69 Å². The van der Waals surface area contributed by atoms with E-state index in [9.17, 15) is 18.0 Å². The zero-order valence-electron chi connectivity index (χ0n) is 24.9. The number of nitrogens with one attached hydrogen (secondary N) is 3. The first-order valence-electron chi connectivity index (χ1n) is 14.7. The molecule has 0 spiro atoms. The molecule has 234 valence electrons. The van der Waals surface area contributed by atoms with Gasteiger partial charge in [0.15, 0.2) is 0 Å². The minimum absolute atomic E-state index is 0.0313. The number of hydrogen-bond acceptors (Lipinski definition) is 7. The number of rotatable bonds is 8. The Morgan fingerprint density at radius 2 is 1.95 bits per heavy atom. The summed E-state index contributed by atoms with van der Waals surface area (Å²) in [6, 6.07) is 11.7. The SMILES string of the molecule is COc1cc(C(=O)NC2(C)COC2)ccc1NCC#Cc1cc2c(N[C@@H]3CC[C@@H]4CC[C@H]3N4C)cccn2c1SC(F)(F)F. The van der Waals surface area contributed by atoms with Crippen LogP contribution in [0.25, 0.3) is 5.52 Å². The molecule has 44 heavy (non-hydrogen) atoms. The van der Waals surface area contributed by atoms with Gasteiger partial charge in [0.05, 0.1) is 54.9 Å². The molecule has 2 bridgehead atoms. The summed E-state index contributed by atoms with van der Waals surface area (Å²) < 4.78 is 53.2. The second-order valence-electron chi connectivity index (χ2n) is 12.0. The monoisotopic (exact) mass is 627 g/mol. The molecule has 0 saturated carbocycles. The summed E-state index contributed by atoms with van der Waals surface area (Å²) in [7, 11) is 3.67. The maximum absolute atomic E-state index is 13.7. The first-order chi connectivity index (χ1) is 21.0. The number of fused-ring (bicyclic) bond motifs is 3. The highest BCUT2D eigenvalue weighted by atomic mass is 32.2. The van der Waals surface area contributed by atoms with Crippen LogP contribution in [0.5, 0.6) is 5.75 Å². The predicted octanol–water partition coefficient (Wildman–Crippen LogP) is 5.58. The van der Waals surface area contributed by atoms with Crippen molar-refractivity contribution in [2.24, 2.45) is 0 Å². The van der Waals surface area contributed by atoms with Gasteiger partial charge in [-0.2, -0.15) is 13.2 Å². The Labute approximate surface area is 259 Å². The number of benzene rings is 1. The fourth-order valence-electron chi connectivity index (χ4n) is 6.49. The van der Waals surface area contributed by atoms with Crippen LogP contribution < -0.4 is 20.7 Å². The topological polar surface area (TPSA) is 79.3 Å². The van der Waals surface area contributed by atoms with Crippen LogP contribution in [0.2, 0.25) is 0 Å².